The first-order valence-corrected chi connectivity index (χ1v) is 11.2. The Bertz CT molecular complexity index is 1590. The highest BCUT2D eigenvalue weighted by Gasteiger charge is 2.31. The maximum absolute atomic E-state index is 13.1. The molecule has 0 saturated carbocycles. The summed E-state index contributed by atoms with van der Waals surface area (Å²) < 4.78 is 39.4. The average Bonchev–Trinajstić information content (AvgIpc) is 3.40. The molecule has 3 aromatic carbocycles. The summed E-state index contributed by atoms with van der Waals surface area (Å²) in [6.45, 7) is 1.87. The van der Waals surface area contributed by atoms with Crippen LogP contribution in [0.4, 0.5) is 30.2 Å². The van der Waals surface area contributed by atoms with Gasteiger partial charge in [-0.05, 0) is 60.5 Å². The quantitative estimate of drug-likeness (QED) is 0.260. The Hall–Kier alpha value is -4.86. The van der Waals surface area contributed by atoms with Gasteiger partial charge in [0, 0.05) is 34.4 Å². The highest BCUT2D eigenvalue weighted by atomic mass is 19.4. The van der Waals surface area contributed by atoms with E-state index in [4.69, 9.17) is 5.73 Å². The minimum Gasteiger partial charge on any atom is -0.366 e. The van der Waals surface area contributed by atoms with Crippen LogP contribution in [0.25, 0.3) is 22.8 Å². The molecular weight excluding hydrogens is 483 g/mol. The maximum Gasteiger partial charge on any atom is 0.416 e. The molecule has 0 atom stereocenters. The molecule has 186 valence electrons. The summed E-state index contributed by atoms with van der Waals surface area (Å²) in [5.74, 6) is -0.625. The fraction of sp³-hybridized carbons (Fsp3) is 0.0741. The van der Waals surface area contributed by atoms with E-state index < -0.39 is 17.6 Å². The van der Waals surface area contributed by atoms with Crippen LogP contribution in [0.5, 0.6) is 0 Å². The first-order chi connectivity index (χ1) is 17.6. The van der Waals surface area contributed by atoms with E-state index in [0.717, 1.165) is 23.4 Å². The van der Waals surface area contributed by atoms with Crippen molar-refractivity contribution in [1.82, 2.24) is 9.97 Å². The molecule has 0 unspecified atom stereocenters. The van der Waals surface area contributed by atoms with Gasteiger partial charge in [-0.15, -0.1) is 0 Å². The third kappa shape index (κ3) is 4.81. The van der Waals surface area contributed by atoms with Gasteiger partial charge in [-0.1, -0.05) is 24.3 Å². The number of rotatable bonds is 5. The van der Waals surface area contributed by atoms with Crippen LogP contribution < -0.4 is 16.4 Å². The zero-order valence-electron chi connectivity index (χ0n) is 19.4. The summed E-state index contributed by atoms with van der Waals surface area (Å²) in [6, 6.07) is 15.2. The van der Waals surface area contributed by atoms with Crippen LogP contribution in [-0.2, 0) is 11.0 Å². The second-order valence-corrected chi connectivity index (χ2v) is 8.55. The fourth-order valence-corrected chi connectivity index (χ4v) is 4.17. The number of hydrogen-bond acceptors (Lipinski definition) is 4. The molecule has 2 heterocycles. The number of nitrogens with two attached hydrogens (primary N) is 1. The highest BCUT2D eigenvalue weighted by molar-refractivity contribution is 6.34. The summed E-state index contributed by atoms with van der Waals surface area (Å²) >= 11 is 0. The summed E-state index contributed by atoms with van der Waals surface area (Å²) in [5.41, 5.74) is 9.03. The number of H-pyrrole nitrogens is 1. The smallest absolute Gasteiger partial charge is 0.366 e. The largest absolute Gasteiger partial charge is 0.416 e. The van der Waals surface area contributed by atoms with E-state index in [9.17, 15) is 22.8 Å². The van der Waals surface area contributed by atoms with Crippen LogP contribution in [0.1, 0.15) is 33.0 Å². The molecule has 5 N–H and O–H groups in total. The van der Waals surface area contributed by atoms with Gasteiger partial charge in [0.15, 0.2) is 0 Å². The minimum atomic E-state index is -4.60. The first kappa shape index (κ1) is 23.9. The van der Waals surface area contributed by atoms with Gasteiger partial charge in [-0.25, -0.2) is 4.98 Å². The molecule has 1 aromatic heterocycles. The summed E-state index contributed by atoms with van der Waals surface area (Å²) in [5, 5.41) is 6.07. The molecule has 1 aliphatic rings. The van der Waals surface area contributed by atoms with Gasteiger partial charge < -0.3 is 21.4 Å². The van der Waals surface area contributed by atoms with Crippen molar-refractivity contribution in [2.45, 2.75) is 13.1 Å². The molecule has 0 saturated heterocycles. The highest BCUT2D eigenvalue weighted by Crippen LogP contribution is 2.37. The third-order valence-electron chi connectivity index (χ3n) is 5.88. The zero-order valence-corrected chi connectivity index (χ0v) is 19.4. The number of imidazole rings is 1. The van der Waals surface area contributed by atoms with Crippen molar-refractivity contribution in [3.05, 3.63) is 95.1 Å². The molecule has 0 spiro atoms. The summed E-state index contributed by atoms with van der Waals surface area (Å²) in [4.78, 5) is 31.8. The molecule has 1 aliphatic heterocycles. The van der Waals surface area contributed by atoms with Crippen molar-refractivity contribution in [1.29, 1.82) is 0 Å². The van der Waals surface area contributed by atoms with Crippen LogP contribution in [0.3, 0.4) is 0 Å². The van der Waals surface area contributed by atoms with Crippen molar-refractivity contribution in [2.24, 2.45) is 5.73 Å². The number of aryl methyl sites for hydroxylation is 1. The lowest BCUT2D eigenvalue weighted by atomic mass is 9.96. The number of fused-ring (bicyclic) bond motifs is 1. The Morgan fingerprint density at radius 1 is 1.03 bits per heavy atom. The van der Waals surface area contributed by atoms with Crippen molar-refractivity contribution in [3.63, 3.8) is 0 Å². The number of carbonyl (C=O) groups excluding carboxylic acids is 2. The Morgan fingerprint density at radius 3 is 2.49 bits per heavy atom. The lowest BCUT2D eigenvalue weighted by molar-refractivity contribution is -0.137. The normalized spacial score (nSPS) is 13.9. The number of carbonyl (C=O) groups is 2. The lowest BCUT2D eigenvalue weighted by Crippen LogP contribution is -2.15. The van der Waals surface area contributed by atoms with Gasteiger partial charge in [0.2, 0.25) is 5.91 Å². The number of alkyl halides is 3. The molecule has 0 aliphatic carbocycles. The van der Waals surface area contributed by atoms with Crippen LogP contribution >= 0.6 is 0 Å². The van der Waals surface area contributed by atoms with Crippen LogP contribution in [0.15, 0.2) is 66.9 Å². The van der Waals surface area contributed by atoms with Gasteiger partial charge in [0.25, 0.3) is 5.91 Å². The molecule has 0 bridgehead atoms. The van der Waals surface area contributed by atoms with Crippen LogP contribution in [0.2, 0.25) is 0 Å². The number of aromatic amines is 1. The summed E-state index contributed by atoms with van der Waals surface area (Å²) in [6.07, 6.45) is -1.23. The average molecular weight is 503 g/mol. The topological polar surface area (TPSA) is 113 Å². The molecular formula is C27H20F3N5O2. The Morgan fingerprint density at radius 2 is 1.78 bits per heavy atom. The number of halogens is 3. The Labute approximate surface area is 209 Å². The lowest BCUT2D eigenvalue weighted by Gasteiger charge is -2.14. The first-order valence-electron chi connectivity index (χ1n) is 11.2. The number of nitrogens with one attached hydrogen (secondary N) is 3. The van der Waals surface area contributed by atoms with Gasteiger partial charge in [0.1, 0.15) is 5.82 Å². The van der Waals surface area contributed by atoms with Gasteiger partial charge in [-0.3, -0.25) is 9.59 Å². The molecule has 7 nitrogen and oxygen atoms in total. The van der Waals surface area contributed by atoms with Crippen LogP contribution in [-0.4, -0.2) is 21.8 Å². The van der Waals surface area contributed by atoms with E-state index in [1.807, 2.05) is 13.0 Å². The molecule has 10 heteroatoms. The fourth-order valence-electron chi connectivity index (χ4n) is 4.17. The van der Waals surface area contributed by atoms with E-state index in [1.54, 1.807) is 48.7 Å². The minimum absolute atomic E-state index is 0.224. The predicted octanol–water partition coefficient (Wildman–Crippen LogP) is 5.74. The second-order valence-electron chi connectivity index (χ2n) is 8.55. The van der Waals surface area contributed by atoms with E-state index >= 15 is 0 Å². The molecule has 2 amide bonds. The number of anilines is 3. The van der Waals surface area contributed by atoms with Gasteiger partial charge in [0.05, 0.1) is 16.8 Å². The number of nitrogens with zero attached hydrogens (tertiary/aromatic N) is 1. The standard InChI is InChI=1S/C27H20F3N5O2/c1-14-13-32-24(33-14)12-22-20-8-6-18(11-23(20)35-26(22)37)34-17-4-2-3-15(9-17)19-7-5-16(27(28,29)30)10-21(19)25(31)36/h2-13,34H,1H3,(H2,31,36)(H,32,33)(H,35,37). The van der Waals surface area contributed by atoms with Crippen molar-refractivity contribution < 1.29 is 22.8 Å². The number of primary amides is 1. The SMILES string of the molecule is Cc1cnc(C=C2C(=O)Nc3cc(Nc4cccc(-c5ccc(C(F)(F)F)cc5C(N)=O)c4)ccc32)[nH]1. The molecule has 0 radical (unpaired) electrons. The number of benzene rings is 3. The third-order valence-corrected chi connectivity index (χ3v) is 5.88. The Kier molecular flexibility index (Phi) is 5.79. The number of aromatic nitrogens is 2. The molecule has 5 rings (SSSR count). The zero-order chi connectivity index (χ0) is 26.3. The number of hydrogen-bond donors (Lipinski definition) is 4. The molecule has 4 aromatic rings. The van der Waals surface area contributed by atoms with E-state index in [1.165, 1.54) is 6.07 Å². The molecule has 0 fully saturated rings. The monoisotopic (exact) mass is 503 g/mol. The summed E-state index contributed by atoms with van der Waals surface area (Å²) in [7, 11) is 0. The second kappa shape index (κ2) is 8.98. The van der Waals surface area contributed by atoms with E-state index in [2.05, 4.69) is 20.6 Å². The van der Waals surface area contributed by atoms with Gasteiger partial charge in [-0.2, -0.15) is 13.2 Å². The van der Waals surface area contributed by atoms with Crippen molar-refractivity contribution in [3.8, 4) is 11.1 Å². The van der Waals surface area contributed by atoms with Gasteiger partial charge >= 0.3 is 6.18 Å². The number of amides is 2. The van der Waals surface area contributed by atoms with Crippen molar-refractivity contribution in [2.75, 3.05) is 10.6 Å². The van der Waals surface area contributed by atoms with E-state index in [-0.39, 0.29) is 17.0 Å². The van der Waals surface area contributed by atoms with Crippen LogP contribution in [0, 0.1) is 6.92 Å². The van der Waals surface area contributed by atoms with E-state index in [0.29, 0.717) is 34.0 Å². The Balaban J connectivity index is 1.43. The molecule has 37 heavy (non-hydrogen) atoms. The van der Waals surface area contributed by atoms with Crippen molar-refractivity contribution >= 4 is 40.5 Å². The predicted molar refractivity (Wildman–Crippen MR) is 135 cm³/mol. The maximum atomic E-state index is 13.1.